The molecule has 0 unspecified atom stereocenters. The van der Waals surface area contributed by atoms with Gasteiger partial charge in [0.1, 0.15) is 18.2 Å². The lowest BCUT2D eigenvalue weighted by Crippen LogP contribution is -2.08. The average molecular weight is 259 g/mol. The summed E-state index contributed by atoms with van der Waals surface area (Å²) in [5.74, 6) is 0.195. The van der Waals surface area contributed by atoms with E-state index in [0.29, 0.717) is 12.4 Å². The fourth-order valence-electron chi connectivity index (χ4n) is 1.97. The average Bonchev–Trinajstić information content (AvgIpc) is 2.36. The molecular formula is C16H18FNO. The summed E-state index contributed by atoms with van der Waals surface area (Å²) < 4.78 is 19.0. The van der Waals surface area contributed by atoms with Crippen molar-refractivity contribution in [1.29, 1.82) is 0 Å². The van der Waals surface area contributed by atoms with Gasteiger partial charge in [-0.15, -0.1) is 0 Å². The van der Waals surface area contributed by atoms with Crippen molar-refractivity contribution in [3.05, 3.63) is 65.0 Å². The van der Waals surface area contributed by atoms with Crippen molar-refractivity contribution in [2.45, 2.75) is 26.5 Å². The van der Waals surface area contributed by atoms with Crippen LogP contribution in [0.2, 0.25) is 0 Å². The van der Waals surface area contributed by atoms with Crippen molar-refractivity contribution in [3.8, 4) is 5.75 Å². The minimum absolute atomic E-state index is 0.187. The predicted molar refractivity (Wildman–Crippen MR) is 74.5 cm³/mol. The lowest BCUT2D eigenvalue weighted by Gasteiger charge is -2.14. The van der Waals surface area contributed by atoms with Gasteiger partial charge in [0, 0.05) is 17.7 Å². The van der Waals surface area contributed by atoms with Gasteiger partial charge in [-0.05, 0) is 25.5 Å². The standard InChI is InChI=1S/C16H18FNO/c1-11-4-3-5-13(8-11)10-19-16-9-14(17)6-7-15(16)12(2)18/h3-9,12H,10,18H2,1-2H3/t12-/m1/s1. The van der Waals surface area contributed by atoms with Gasteiger partial charge in [0.2, 0.25) is 0 Å². The van der Waals surface area contributed by atoms with Gasteiger partial charge in [-0.25, -0.2) is 4.39 Å². The highest BCUT2D eigenvalue weighted by Gasteiger charge is 2.09. The van der Waals surface area contributed by atoms with Crippen LogP contribution in [0.5, 0.6) is 5.75 Å². The lowest BCUT2D eigenvalue weighted by molar-refractivity contribution is 0.299. The molecular weight excluding hydrogens is 241 g/mol. The molecule has 0 radical (unpaired) electrons. The Labute approximate surface area is 113 Å². The zero-order chi connectivity index (χ0) is 13.8. The molecule has 0 aromatic heterocycles. The van der Waals surface area contributed by atoms with Crippen LogP contribution in [0.3, 0.4) is 0 Å². The third-order valence-electron chi connectivity index (χ3n) is 2.94. The first kappa shape index (κ1) is 13.6. The van der Waals surface area contributed by atoms with Crippen LogP contribution in [0.4, 0.5) is 4.39 Å². The van der Waals surface area contributed by atoms with Crippen molar-refractivity contribution >= 4 is 0 Å². The Morgan fingerprint density at radius 3 is 2.68 bits per heavy atom. The Balaban J connectivity index is 2.17. The molecule has 0 spiro atoms. The number of halogens is 1. The van der Waals surface area contributed by atoms with E-state index in [-0.39, 0.29) is 11.9 Å². The summed E-state index contributed by atoms with van der Waals surface area (Å²) >= 11 is 0. The molecule has 0 saturated heterocycles. The number of aryl methyl sites for hydroxylation is 1. The van der Waals surface area contributed by atoms with Crippen LogP contribution in [-0.4, -0.2) is 0 Å². The quantitative estimate of drug-likeness (QED) is 0.908. The van der Waals surface area contributed by atoms with Gasteiger partial charge in [0.05, 0.1) is 0 Å². The highest BCUT2D eigenvalue weighted by atomic mass is 19.1. The maximum absolute atomic E-state index is 13.3. The molecule has 2 nitrogen and oxygen atoms in total. The summed E-state index contributed by atoms with van der Waals surface area (Å²) in [6.45, 7) is 4.29. The van der Waals surface area contributed by atoms with Crippen LogP contribution in [0, 0.1) is 12.7 Å². The van der Waals surface area contributed by atoms with E-state index in [1.54, 1.807) is 6.07 Å². The maximum atomic E-state index is 13.3. The minimum atomic E-state index is -0.316. The van der Waals surface area contributed by atoms with E-state index in [1.807, 2.05) is 38.1 Å². The highest BCUT2D eigenvalue weighted by molar-refractivity contribution is 5.36. The maximum Gasteiger partial charge on any atom is 0.127 e. The number of nitrogens with two attached hydrogens (primary N) is 1. The van der Waals surface area contributed by atoms with Crippen molar-refractivity contribution in [3.63, 3.8) is 0 Å². The van der Waals surface area contributed by atoms with Crippen LogP contribution in [0.25, 0.3) is 0 Å². The molecule has 0 saturated carbocycles. The largest absolute Gasteiger partial charge is 0.488 e. The van der Waals surface area contributed by atoms with Gasteiger partial charge in [-0.2, -0.15) is 0 Å². The second-order valence-electron chi connectivity index (χ2n) is 4.75. The fraction of sp³-hybridized carbons (Fsp3) is 0.250. The van der Waals surface area contributed by atoms with Gasteiger partial charge in [0.25, 0.3) is 0 Å². The first-order valence-corrected chi connectivity index (χ1v) is 6.29. The van der Waals surface area contributed by atoms with E-state index in [4.69, 9.17) is 10.5 Å². The van der Waals surface area contributed by atoms with Crippen LogP contribution < -0.4 is 10.5 Å². The Hall–Kier alpha value is -1.87. The van der Waals surface area contributed by atoms with Crippen LogP contribution in [0.15, 0.2) is 42.5 Å². The Kier molecular flexibility index (Phi) is 4.17. The molecule has 0 aliphatic rings. The third kappa shape index (κ3) is 3.55. The smallest absolute Gasteiger partial charge is 0.127 e. The topological polar surface area (TPSA) is 35.2 Å². The number of benzene rings is 2. The molecule has 1 atom stereocenters. The minimum Gasteiger partial charge on any atom is -0.488 e. The summed E-state index contributed by atoms with van der Waals surface area (Å²) in [5, 5.41) is 0. The third-order valence-corrected chi connectivity index (χ3v) is 2.94. The number of ether oxygens (including phenoxy) is 1. The van der Waals surface area contributed by atoms with Gasteiger partial charge in [-0.1, -0.05) is 35.9 Å². The second-order valence-corrected chi connectivity index (χ2v) is 4.75. The van der Waals surface area contributed by atoms with Crippen LogP contribution in [0.1, 0.15) is 29.7 Å². The Morgan fingerprint density at radius 2 is 2.00 bits per heavy atom. The van der Waals surface area contributed by atoms with Gasteiger partial charge >= 0.3 is 0 Å². The van der Waals surface area contributed by atoms with E-state index in [9.17, 15) is 4.39 Å². The normalized spacial score (nSPS) is 12.2. The van der Waals surface area contributed by atoms with Gasteiger partial charge in [-0.3, -0.25) is 0 Å². The molecule has 3 heteroatoms. The molecule has 2 aromatic carbocycles. The first-order chi connectivity index (χ1) is 9.06. The van der Waals surface area contributed by atoms with Gasteiger partial charge < -0.3 is 10.5 Å². The molecule has 0 heterocycles. The predicted octanol–water partition coefficient (Wildman–Crippen LogP) is 3.73. The molecule has 19 heavy (non-hydrogen) atoms. The first-order valence-electron chi connectivity index (χ1n) is 6.29. The van der Waals surface area contributed by atoms with Crippen LogP contribution in [-0.2, 0) is 6.61 Å². The molecule has 0 aliphatic carbocycles. The SMILES string of the molecule is Cc1cccc(COc2cc(F)ccc2[C@@H](C)N)c1. The van der Waals surface area contributed by atoms with Gasteiger partial charge in [0.15, 0.2) is 0 Å². The number of rotatable bonds is 4. The molecule has 2 N–H and O–H groups in total. The molecule has 2 aromatic rings. The van der Waals surface area contributed by atoms with Crippen molar-refractivity contribution in [2.75, 3.05) is 0 Å². The van der Waals surface area contributed by atoms with E-state index in [0.717, 1.165) is 11.1 Å². The zero-order valence-corrected chi connectivity index (χ0v) is 11.2. The molecule has 0 fully saturated rings. The summed E-state index contributed by atoms with van der Waals surface area (Å²) in [4.78, 5) is 0. The number of hydrogen-bond donors (Lipinski definition) is 1. The molecule has 2 rings (SSSR count). The Bertz CT molecular complexity index is 566. The summed E-state index contributed by atoms with van der Waals surface area (Å²) in [6.07, 6.45) is 0. The molecule has 100 valence electrons. The monoisotopic (exact) mass is 259 g/mol. The Morgan fingerprint density at radius 1 is 1.21 bits per heavy atom. The fourth-order valence-corrected chi connectivity index (χ4v) is 1.97. The second kappa shape index (κ2) is 5.85. The highest BCUT2D eigenvalue weighted by Crippen LogP contribution is 2.25. The van der Waals surface area contributed by atoms with E-state index in [1.165, 1.54) is 17.7 Å². The molecule has 0 aliphatic heterocycles. The van der Waals surface area contributed by atoms with Crippen LogP contribution >= 0.6 is 0 Å². The zero-order valence-electron chi connectivity index (χ0n) is 11.2. The summed E-state index contributed by atoms with van der Waals surface area (Å²) in [5.41, 5.74) is 8.90. The van der Waals surface area contributed by atoms with Crippen molar-refractivity contribution < 1.29 is 9.13 Å². The van der Waals surface area contributed by atoms with E-state index >= 15 is 0 Å². The summed E-state index contributed by atoms with van der Waals surface area (Å²) in [7, 11) is 0. The lowest BCUT2D eigenvalue weighted by atomic mass is 10.1. The van der Waals surface area contributed by atoms with Crippen molar-refractivity contribution in [1.82, 2.24) is 0 Å². The van der Waals surface area contributed by atoms with E-state index < -0.39 is 0 Å². The summed E-state index contributed by atoms with van der Waals surface area (Å²) in [6, 6.07) is 12.3. The molecule has 0 bridgehead atoms. The molecule has 0 amide bonds. The van der Waals surface area contributed by atoms with Crippen molar-refractivity contribution in [2.24, 2.45) is 5.73 Å². The van der Waals surface area contributed by atoms with E-state index in [2.05, 4.69) is 0 Å². The number of hydrogen-bond acceptors (Lipinski definition) is 2.